The number of nitrogens with one attached hydrogen (secondary N) is 1. The molecule has 2 rings (SSSR count). The standard InChI is InChI=1S/C14H10BrFN2O5/c1-4-2-5(10(16)6(15)3-4)7-8(13(20)21)11(17)18-12(19)9(7)14(22)23/h2-3H,1H3,(H,20,21)(H,22,23)(H3,17,18,19). The summed E-state index contributed by atoms with van der Waals surface area (Å²) in [6.45, 7) is 1.60. The predicted molar refractivity (Wildman–Crippen MR) is 83.2 cm³/mol. The summed E-state index contributed by atoms with van der Waals surface area (Å²) >= 11 is 2.97. The average Bonchev–Trinajstić information content (AvgIpc) is 2.40. The van der Waals surface area contributed by atoms with Crippen LogP contribution in [-0.2, 0) is 0 Å². The predicted octanol–water partition coefficient (Wildman–Crippen LogP) is 2.23. The van der Waals surface area contributed by atoms with Gasteiger partial charge in [-0.1, -0.05) is 0 Å². The van der Waals surface area contributed by atoms with Gasteiger partial charge < -0.3 is 20.9 Å². The highest BCUT2D eigenvalue weighted by atomic mass is 79.9. The molecule has 120 valence electrons. The zero-order valence-electron chi connectivity index (χ0n) is 11.6. The Morgan fingerprint density at radius 2 is 1.78 bits per heavy atom. The fraction of sp³-hybridized carbons (Fsp3) is 0.0714. The van der Waals surface area contributed by atoms with Crippen LogP contribution in [0.2, 0.25) is 0 Å². The van der Waals surface area contributed by atoms with Gasteiger partial charge in [0.2, 0.25) is 0 Å². The van der Waals surface area contributed by atoms with Crippen LogP contribution >= 0.6 is 15.9 Å². The van der Waals surface area contributed by atoms with Gasteiger partial charge in [-0.25, -0.2) is 14.0 Å². The van der Waals surface area contributed by atoms with Gasteiger partial charge in [0.25, 0.3) is 5.56 Å². The van der Waals surface area contributed by atoms with Crippen LogP contribution in [0.5, 0.6) is 0 Å². The van der Waals surface area contributed by atoms with Crippen LogP contribution in [0.3, 0.4) is 0 Å². The Hall–Kier alpha value is -2.68. The minimum Gasteiger partial charge on any atom is -0.478 e. The number of carboxylic acid groups (broad SMARTS) is 2. The first-order valence-corrected chi connectivity index (χ1v) is 6.92. The van der Waals surface area contributed by atoms with Gasteiger partial charge in [0.15, 0.2) is 0 Å². The summed E-state index contributed by atoms with van der Waals surface area (Å²) in [7, 11) is 0. The molecule has 9 heteroatoms. The highest BCUT2D eigenvalue weighted by molar-refractivity contribution is 9.10. The molecular weight excluding hydrogens is 375 g/mol. The van der Waals surface area contributed by atoms with E-state index >= 15 is 0 Å². The number of nitrogen functional groups attached to an aromatic ring is 1. The number of hydrogen-bond donors (Lipinski definition) is 4. The molecule has 0 aliphatic heterocycles. The molecule has 5 N–H and O–H groups in total. The summed E-state index contributed by atoms with van der Waals surface area (Å²) in [5.74, 6) is -4.74. The molecule has 0 unspecified atom stereocenters. The van der Waals surface area contributed by atoms with Crippen molar-refractivity contribution in [1.29, 1.82) is 0 Å². The fourth-order valence-corrected chi connectivity index (χ4v) is 2.80. The van der Waals surface area contributed by atoms with E-state index in [1.54, 1.807) is 6.92 Å². The first-order valence-electron chi connectivity index (χ1n) is 6.13. The van der Waals surface area contributed by atoms with Crippen molar-refractivity contribution in [3.8, 4) is 11.1 Å². The molecule has 23 heavy (non-hydrogen) atoms. The maximum Gasteiger partial charge on any atom is 0.342 e. The van der Waals surface area contributed by atoms with Crippen molar-refractivity contribution in [2.24, 2.45) is 0 Å². The number of aromatic amines is 1. The molecule has 1 heterocycles. The maximum absolute atomic E-state index is 14.4. The van der Waals surface area contributed by atoms with Crippen LogP contribution < -0.4 is 11.3 Å². The third-order valence-electron chi connectivity index (χ3n) is 3.11. The van der Waals surface area contributed by atoms with E-state index in [1.807, 2.05) is 4.98 Å². The molecule has 1 aromatic carbocycles. The lowest BCUT2D eigenvalue weighted by Gasteiger charge is -2.14. The lowest BCUT2D eigenvalue weighted by Crippen LogP contribution is -2.24. The second-order valence-corrected chi connectivity index (χ2v) is 5.57. The molecule has 0 aliphatic rings. The number of aryl methyl sites for hydroxylation is 1. The number of carboxylic acids is 2. The number of benzene rings is 1. The summed E-state index contributed by atoms with van der Waals surface area (Å²) in [5.41, 5.74) is 2.41. The summed E-state index contributed by atoms with van der Waals surface area (Å²) in [6.07, 6.45) is 0. The van der Waals surface area contributed by atoms with Crippen molar-refractivity contribution in [3.63, 3.8) is 0 Å². The van der Waals surface area contributed by atoms with E-state index in [1.165, 1.54) is 12.1 Å². The second-order valence-electron chi connectivity index (χ2n) is 4.71. The highest BCUT2D eigenvalue weighted by Gasteiger charge is 2.28. The van der Waals surface area contributed by atoms with Crippen LogP contribution in [0.1, 0.15) is 26.3 Å². The number of halogens is 2. The zero-order chi connectivity index (χ0) is 17.5. The van der Waals surface area contributed by atoms with Gasteiger partial charge in [-0.3, -0.25) is 4.79 Å². The Labute approximate surface area is 136 Å². The topological polar surface area (TPSA) is 133 Å². The molecule has 0 radical (unpaired) electrons. The number of carbonyl (C=O) groups is 2. The van der Waals surface area contributed by atoms with Gasteiger partial charge in [0.1, 0.15) is 22.8 Å². The highest BCUT2D eigenvalue weighted by Crippen LogP contribution is 2.34. The first-order chi connectivity index (χ1) is 10.6. The quantitative estimate of drug-likeness (QED) is 0.640. The molecule has 0 saturated heterocycles. The Morgan fingerprint density at radius 3 is 2.30 bits per heavy atom. The summed E-state index contributed by atoms with van der Waals surface area (Å²) in [5, 5.41) is 18.6. The Kier molecular flexibility index (Phi) is 4.24. The number of aromatic carboxylic acids is 2. The monoisotopic (exact) mass is 384 g/mol. The molecular formula is C14H10BrFN2O5. The minimum atomic E-state index is -1.69. The largest absolute Gasteiger partial charge is 0.478 e. The zero-order valence-corrected chi connectivity index (χ0v) is 13.2. The Morgan fingerprint density at radius 1 is 1.22 bits per heavy atom. The normalized spacial score (nSPS) is 10.6. The molecule has 0 amide bonds. The molecule has 0 atom stereocenters. The van der Waals surface area contributed by atoms with E-state index in [9.17, 15) is 29.0 Å². The van der Waals surface area contributed by atoms with Crippen molar-refractivity contribution >= 4 is 33.7 Å². The molecule has 0 fully saturated rings. The van der Waals surface area contributed by atoms with Gasteiger partial charge in [-0.2, -0.15) is 0 Å². The van der Waals surface area contributed by atoms with Crippen molar-refractivity contribution < 1.29 is 24.2 Å². The molecule has 0 spiro atoms. The van der Waals surface area contributed by atoms with E-state index in [2.05, 4.69) is 15.9 Å². The van der Waals surface area contributed by atoms with Crippen molar-refractivity contribution in [3.05, 3.63) is 49.5 Å². The van der Waals surface area contributed by atoms with Crippen LogP contribution in [0.4, 0.5) is 10.2 Å². The van der Waals surface area contributed by atoms with Crippen LogP contribution in [0, 0.1) is 12.7 Å². The molecule has 7 nitrogen and oxygen atoms in total. The van der Waals surface area contributed by atoms with Gasteiger partial charge in [0, 0.05) is 11.1 Å². The Bertz CT molecular complexity index is 907. The smallest absolute Gasteiger partial charge is 0.342 e. The SMILES string of the molecule is Cc1cc(Br)c(F)c(-c2c(C(=O)O)c(N)[nH]c(=O)c2C(=O)O)c1. The van der Waals surface area contributed by atoms with Crippen molar-refractivity contribution in [2.45, 2.75) is 6.92 Å². The van der Waals surface area contributed by atoms with Gasteiger partial charge in [0.05, 0.1) is 4.47 Å². The summed E-state index contributed by atoms with van der Waals surface area (Å²) in [4.78, 5) is 36.7. The van der Waals surface area contributed by atoms with Crippen LogP contribution in [0.25, 0.3) is 11.1 Å². The minimum absolute atomic E-state index is 0.000898. The van der Waals surface area contributed by atoms with Crippen LogP contribution in [-0.4, -0.2) is 27.1 Å². The third-order valence-corrected chi connectivity index (χ3v) is 3.69. The van der Waals surface area contributed by atoms with E-state index in [-0.39, 0.29) is 10.0 Å². The van der Waals surface area contributed by atoms with E-state index < -0.39 is 45.8 Å². The van der Waals surface area contributed by atoms with Crippen molar-refractivity contribution in [2.75, 3.05) is 5.73 Å². The number of H-pyrrole nitrogens is 1. The molecule has 0 bridgehead atoms. The number of aromatic nitrogens is 1. The number of rotatable bonds is 3. The molecule has 1 aromatic heterocycles. The molecule has 0 aliphatic carbocycles. The number of anilines is 1. The van der Waals surface area contributed by atoms with Crippen molar-refractivity contribution in [1.82, 2.24) is 4.98 Å². The Balaban J connectivity index is 3.10. The second kappa shape index (κ2) is 5.84. The lowest BCUT2D eigenvalue weighted by molar-refractivity contribution is 0.0695. The summed E-state index contributed by atoms with van der Waals surface area (Å²) < 4.78 is 14.4. The van der Waals surface area contributed by atoms with Crippen LogP contribution in [0.15, 0.2) is 21.4 Å². The number of hydrogen-bond acceptors (Lipinski definition) is 4. The van der Waals surface area contributed by atoms with Gasteiger partial charge >= 0.3 is 11.9 Å². The van der Waals surface area contributed by atoms with E-state index in [4.69, 9.17) is 5.73 Å². The lowest BCUT2D eigenvalue weighted by atomic mass is 9.94. The molecule has 2 aromatic rings. The van der Waals surface area contributed by atoms with E-state index in [0.717, 1.165) is 0 Å². The number of pyridine rings is 1. The fourth-order valence-electron chi connectivity index (χ4n) is 2.22. The maximum atomic E-state index is 14.4. The summed E-state index contributed by atoms with van der Waals surface area (Å²) in [6, 6.07) is 2.67. The number of nitrogens with two attached hydrogens (primary N) is 1. The van der Waals surface area contributed by atoms with Gasteiger partial charge in [-0.15, -0.1) is 0 Å². The molecule has 0 saturated carbocycles. The van der Waals surface area contributed by atoms with Gasteiger partial charge in [-0.05, 0) is 40.5 Å². The van der Waals surface area contributed by atoms with E-state index in [0.29, 0.717) is 5.56 Å². The first kappa shape index (κ1) is 16.7. The third kappa shape index (κ3) is 2.82. The average molecular weight is 385 g/mol.